The molecule has 320 valence electrons. The molecular weight excluding hydrogens is 776 g/mol. The first kappa shape index (κ1) is 48.2. The first-order chi connectivity index (χ1) is 27.4. The van der Waals surface area contributed by atoms with Crippen LogP contribution in [0.2, 0.25) is 0 Å². The average molecular weight is 841 g/mol. The molecule has 5 rings (SSSR count). The van der Waals surface area contributed by atoms with E-state index in [0.29, 0.717) is 57.1 Å². The van der Waals surface area contributed by atoms with E-state index in [1.54, 1.807) is 35.0 Å². The van der Waals surface area contributed by atoms with E-state index in [-0.39, 0.29) is 42.9 Å². The summed E-state index contributed by atoms with van der Waals surface area (Å²) in [7, 11) is 3.21. The Morgan fingerprint density at radius 2 is 1.89 bits per heavy atom. The molecule has 6 atom stereocenters. The standard InChI is InChI=1S/C39H55F2N5O6S.C2H6.CH3Cl/c1-5-10-28-11-6-7-12-32(28)31-23-46(34-21-29(15-17-36(34)52-24-31)37(48)38(49)43-53(50)42-3)22-30-14-16-33(30)35(13-8-9-18-44(4)27(2)47)51-20-19-45-25-39(40,41)26-45;2*1-2/h6-8,11-13,15,17,21,30-31,33,35,37,42,48H,5,9-10,14,16,18-20,22-26H2,1-4H3,(H,43,49);1-2H3;1H3/b13-8+;;. The van der Waals surface area contributed by atoms with Crippen molar-refractivity contribution in [2.45, 2.75) is 83.8 Å². The van der Waals surface area contributed by atoms with E-state index < -0.39 is 29.1 Å². The van der Waals surface area contributed by atoms with Crippen molar-refractivity contribution in [3.05, 3.63) is 71.3 Å². The molecule has 57 heavy (non-hydrogen) atoms. The molecule has 1 saturated carbocycles. The predicted octanol–water partition coefficient (Wildman–Crippen LogP) is 6.24. The van der Waals surface area contributed by atoms with Crippen LogP contribution in [0, 0.1) is 11.8 Å². The Morgan fingerprint density at radius 3 is 2.53 bits per heavy atom. The Morgan fingerprint density at radius 1 is 1.18 bits per heavy atom. The van der Waals surface area contributed by atoms with Gasteiger partial charge in [-0.2, -0.15) is 0 Å². The summed E-state index contributed by atoms with van der Waals surface area (Å²) in [6.45, 7) is 10.3. The topological polar surface area (TPSA) is 124 Å². The summed E-state index contributed by atoms with van der Waals surface area (Å²) in [5.74, 6) is -2.31. The number of hydrogen-bond acceptors (Lipinski definition) is 8. The van der Waals surface area contributed by atoms with Gasteiger partial charge in [0.05, 0.1) is 38.1 Å². The number of halogens is 3. The van der Waals surface area contributed by atoms with Gasteiger partial charge in [-0.1, -0.05) is 69.7 Å². The van der Waals surface area contributed by atoms with Crippen molar-refractivity contribution >= 4 is 40.3 Å². The lowest BCUT2D eigenvalue weighted by Crippen LogP contribution is -2.57. The van der Waals surface area contributed by atoms with Crippen molar-refractivity contribution in [2.75, 3.05) is 77.9 Å². The van der Waals surface area contributed by atoms with Crippen LogP contribution in [0.1, 0.15) is 82.1 Å². The molecule has 0 aromatic heterocycles. The van der Waals surface area contributed by atoms with Gasteiger partial charge in [0.2, 0.25) is 5.91 Å². The molecule has 0 radical (unpaired) electrons. The SMILES string of the molecule is CC.CCCc1ccccc1C1COc2ccc(C(O)C(=O)NS(=O)NC)cc2N(CC2CCC2C(/C=C/CCN(C)C(C)=O)OCCN2CC(F)(F)C2)C1.CCl. The minimum Gasteiger partial charge on any atom is -0.491 e. The Labute approximate surface area is 346 Å². The fraction of sp³-hybridized carbons (Fsp3) is 0.619. The molecule has 2 aromatic carbocycles. The summed E-state index contributed by atoms with van der Waals surface area (Å²) >= 11 is 2.81. The zero-order chi connectivity index (χ0) is 42.1. The normalized spacial score (nSPS) is 21.4. The molecular formula is C42H64ClF2N5O6S. The lowest BCUT2D eigenvalue weighted by atomic mass is 9.70. The van der Waals surface area contributed by atoms with Gasteiger partial charge in [-0.15, -0.1) is 11.6 Å². The highest BCUT2D eigenvalue weighted by Crippen LogP contribution is 2.43. The number of aliphatic hydroxyl groups is 1. The second kappa shape index (κ2) is 24.1. The lowest BCUT2D eigenvalue weighted by molar-refractivity contribution is -0.138. The van der Waals surface area contributed by atoms with E-state index in [0.717, 1.165) is 31.4 Å². The summed E-state index contributed by atoms with van der Waals surface area (Å²) < 4.78 is 56.5. The highest BCUT2D eigenvalue weighted by molar-refractivity contribution is 7.81. The van der Waals surface area contributed by atoms with Gasteiger partial charge < -0.3 is 24.4 Å². The first-order valence-corrected chi connectivity index (χ1v) is 21.9. The number of aliphatic hydroxyl groups excluding tert-OH is 1. The zero-order valence-electron chi connectivity index (χ0n) is 34.6. The van der Waals surface area contributed by atoms with Crippen LogP contribution in [0.15, 0.2) is 54.6 Å². The second-order valence-corrected chi connectivity index (χ2v) is 15.6. The summed E-state index contributed by atoms with van der Waals surface area (Å²) in [5, 5.41) is 11.0. The molecule has 1 aliphatic carbocycles. The number of alkyl halides is 3. The predicted molar refractivity (Wildman–Crippen MR) is 225 cm³/mol. The number of fused-ring (bicyclic) bond motifs is 1. The summed E-state index contributed by atoms with van der Waals surface area (Å²) in [4.78, 5) is 30.2. The quantitative estimate of drug-likeness (QED) is 0.119. The van der Waals surface area contributed by atoms with E-state index >= 15 is 0 Å². The molecule has 3 N–H and O–H groups in total. The fourth-order valence-electron chi connectivity index (χ4n) is 7.42. The van der Waals surface area contributed by atoms with Crippen molar-refractivity contribution in [1.29, 1.82) is 0 Å². The van der Waals surface area contributed by atoms with E-state index in [2.05, 4.69) is 63.2 Å². The fourth-order valence-corrected chi connectivity index (χ4v) is 7.82. The third kappa shape index (κ3) is 14.0. The van der Waals surface area contributed by atoms with Crippen LogP contribution < -0.4 is 19.1 Å². The number of carbonyl (C=O) groups excluding carboxylic acids is 2. The average Bonchev–Trinajstić information content (AvgIpc) is 3.37. The highest BCUT2D eigenvalue weighted by Gasteiger charge is 2.44. The van der Waals surface area contributed by atoms with Gasteiger partial charge in [0.15, 0.2) is 17.3 Å². The zero-order valence-corrected chi connectivity index (χ0v) is 36.2. The van der Waals surface area contributed by atoms with E-state index in [4.69, 9.17) is 9.47 Å². The van der Waals surface area contributed by atoms with Crippen LogP contribution in [0.3, 0.4) is 0 Å². The van der Waals surface area contributed by atoms with Gasteiger partial charge in [-0.3, -0.25) is 19.2 Å². The Balaban J connectivity index is 0.00000211. The van der Waals surface area contributed by atoms with Gasteiger partial charge in [-0.25, -0.2) is 17.7 Å². The number of amides is 2. The highest BCUT2D eigenvalue weighted by atomic mass is 35.5. The maximum atomic E-state index is 13.5. The van der Waals surface area contributed by atoms with Gasteiger partial charge in [-0.05, 0) is 73.4 Å². The van der Waals surface area contributed by atoms with Crippen LogP contribution in [-0.2, 0) is 31.9 Å². The van der Waals surface area contributed by atoms with Crippen LogP contribution >= 0.6 is 11.6 Å². The first-order valence-electron chi connectivity index (χ1n) is 20.0. The Bertz CT molecular complexity index is 1610. The molecule has 2 fully saturated rings. The molecule has 0 spiro atoms. The monoisotopic (exact) mass is 839 g/mol. The summed E-state index contributed by atoms with van der Waals surface area (Å²) in [6, 6.07) is 13.7. The Kier molecular flexibility index (Phi) is 20.4. The number of likely N-dealkylation sites (tertiary alicyclic amines) is 1. The van der Waals surface area contributed by atoms with Gasteiger partial charge in [0.25, 0.3) is 11.8 Å². The maximum absolute atomic E-state index is 13.5. The molecule has 2 heterocycles. The van der Waals surface area contributed by atoms with Gasteiger partial charge in [0, 0.05) is 52.5 Å². The van der Waals surface area contributed by atoms with E-state index in [9.17, 15) is 27.7 Å². The number of nitrogens with zero attached hydrogens (tertiary/aromatic N) is 3. The molecule has 6 unspecified atom stereocenters. The third-order valence-electron chi connectivity index (χ3n) is 10.6. The minimum absolute atomic E-state index is 0.00168. The van der Waals surface area contributed by atoms with Crippen molar-refractivity contribution < 1.29 is 37.2 Å². The largest absolute Gasteiger partial charge is 0.491 e. The Hall–Kier alpha value is -3.14. The molecule has 1 saturated heterocycles. The number of ether oxygens (including phenoxy) is 2. The van der Waals surface area contributed by atoms with Crippen LogP contribution in [-0.4, -0.2) is 116 Å². The van der Waals surface area contributed by atoms with E-state index in [1.807, 2.05) is 19.9 Å². The molecule has 0 bridgehead atoms. The number of anilines is 1. The number of benzene rings is 2. The molecule has 2 aromatic rings. The molecule has 3 aliphatic rings. The van der Waals surface area contributed by atoms with Crippen molar-refractivity contribution in [1.82, 2.24) is 19.2 Å². The smallest absolute Gasteiger partial charge is 0.272 e. The number of carbonyl (C=O) groups is 2. The molecule has 2 amide bonds. The number of nitrogens with one attached hydrogen (secondary N) is 2. The summed E-state index contributed by atoms with van der Waals surface area (Å²) in [6.07, 6.45) is 8.36. The van der Waals surface area contributed by atoms with Crippen LogP contribution in [0.4, 0.5) is 14.5 Å². The van der Waals surface area contributed by atoms with Crippen LogP contribution in [0.5, 0.6) is 5.75 Å². The minimum atomic E-state index is -2.63. The van der Waals surface area contributed by atoms with Gasteiger partial charge in [0.1, 0.15) is 5.75 Å². The van der Waals surface area contributed by atoms with Gasteiger partial charge >= 0.3 is 0 Å². The maximum Gasteiger partial charge on any atom is 0.272 e. The molecule has 2 aliphatic heterocycles. The molecule has 15 heteroatoms. The molecule has 11 nitrogen and oxygen atoms in total. The third-order valence-corrected chi connectivity index (χ3v) is 11.4. The summed E-state index contributed by atoms with van der Waals surface area (Å²) in [5.41, 5.74) is 3.65. The van der Waals surface area contributed by atoms with Crippen molar-refractivity contribution in [3.63, 3.8) is 0 Å². The second-order valence-electron chi connectivity index (χ2n) is 14.5. The number of rotatable bonds is 18. The number of aryl methyl sites for hydroxylation is 1. The van der Waals surface area contributed by atoms with Crippen LogP contribution in [0.25, 0.3) is 0 Å². The van der Waals surface area contributed by atoms with Crippen molar-refractivity contribution in [2.24, 2.45) is 11.8 Å². The lowest BCUT2D eigenvalue weighted by Gasteiger charge is -2.44. The number of hydrogen-bond donors (Lipinski definition) is 3. The van der Waals surface area contributed by atoms with Crippen molar-refractivity contribution in [3.8, 4) is 5.75 Å². The van der Waals surface area contributed by atoms with E-state index in [1.165, 1.54) is 31.5 Å².